The predicted octanol–water partition coefficient (Wildman–Crippen LogP) is 9.90. The molecule has 0 saturated carbocycles. The summed E-state index contributed by atoms with van der Waals surface area (Å²) in [6, 6.07) is 17.7. The molecule has 0 fully saturated rings. The summed E-state index contributed by atoms with van der Waals surface area (Å²) in [4.78, 5) is 17.7. The summed E-state index contributed by atoms with van der Waals surface area (Å²) in [6.07, 6.45) is 8.49. The van der Waals surface area contributed by atoms with E-state index in [1.165, 1.54) is 44.5 Å². The minimum atomic E-state index is 0.942. The van der Waals surface area contributed by atoms with Gasteiger partial charge in [-0.1, -0.05) is 46.7 Å². The van der Waals surface area contributed by atoms with Gasteiger partial charge in [-0.25, -0.2) is 9.97 Å². The molecular weight excluding hydrogens is 520 g/mol. The second-order valence-electron chi connectivity index (χ2n) is 11.3. The maximum absolute atomic E-state index is 5.13. The molecule has 202 valence electrons. The largest absolute Gasteiger partial charge is 0.353 e. The van der Waals surface area contributed by atoms with Crippen molar-refractivity contribution in [1.29, 1.82) is 0 Å². The molecule has 0 saturated heterocycles. The first-order valence-electron chi connectivity index (χ1n) is 14.0. The minimum absolute atomic E-state index is 0.942. The van der Waals surface area contributed by atoms with E-state index in [1.807, 2.05) is 0 Å². The van der Waals surface area contributed by atoms with Gasteiger partial charge in [0.25, 0.3) is 0 Å². The van der Waals surface area contributed by atoms with Gasteiger partial charge >= 0.3 is 0 Å². The van der Waals surface area contributed by atoms with Crippen LogP contribution in [0.5, 0.6) is 0 Å². The van der Waals surface area contributed by atoms with Gasteiger partial charge in [0, 0.05) is 22.2 Å². The molecule has 0 amide bonds. The van der Waals surface area contributed by atoms with Crippen LogP contribution in [-0.4, -0.2) is 19.9 Å². The van der Waals surface area contributed by atoms with Crippen LogP contribution in [0.4, 0.5) is 0 Å². The number of rotatable bonds is 2. The molecule has 0 radical (unpaired) electrons. The average Bonchev–Trinajstić information content (AvgIpc) is 3.71. The summed E-state index contributed by atoms with van der Waals surface area (Å²) in [5.41, 5.74) is 18.3. The Morgan fingerprint density at radius 3 is 1.22 bits per heavy atom. The van der Waals surface area contributed by atoms with Crippen LogP contribution in [0.25, 0.3) is 68.6 Å². The highest BCUT2D eigenvalue weighted by atomic mass is 32.1. The number of aromatic amines is 2. The number of nitrogens with one attached hydrogen (secondary N) is 2. The highest BCUT2D eigenvalue weighted by Gasteiger charge is 2.18. The van der Waals surface area contributed by atoms with Crippen molar-refractivity contribution in [1.82, 2.24) is 19.9 Å². The van der Waals surface area contributed by atoms with E-state index >= 15 is 0 Å². The second-order valence-corrected chi connectivity index (χ2v) is 12.3. The molecule has 0 unspecified atom stereocenters. The van der Waals surface area contributed by atoms with Crippen molar-refractivity contribution in [3.05, 3.63) is 103 Å². The smallest absolute Gasteiger partial charge is 0.118 e. The molecule has 5 aromatic rings. The van der Waals surface area contributed by atoms with E-state index in [-0.39, 0.29) is 0 Å². The molecule has 3 aromatic heterocycles. The van der Waals surface area contributed by atoms with E-state index in [9.17, 15) is 0 Å². The van der Waals surface area contributed by atoms with E-state index in [0.717, 1.165) is 54.6 Å². The first-order valence-corrected chi connectivity index (χ1v) is 14.8. The van der Waals surface area contributed by atoms with Gasteiger partial charge in [-0.05, 0) is 123 Å². The first-order chi connectivity index (χ1) is 19.7. The fourth-order valence-corrected chi connectivity index (χ4v) is 7.31. The van der Waals surface area contributed by atoms with E-state index < -0.39 is 0 Å². The topological polar surface area (TPSA) is 57.4 Å². The van der Waals surface area contributed by atoms with Gasteiger partial charge < -0.3 is 9.97 Å². The SMILES string of the molecule is Cc1cc(C)c(-c2c3nc(sc4nc(c(-c5c(C)cc(C)cc5C)c5ccc([nH]5)c5ccc2[nH]5)C=C4)C=C3)c(C)c1. The molecule has 2 aliphatic rings. The summed E-state index contributed by atoms with van der Waals surface area (Å²) in [5.74, 6) is 0. The third-order valence-corrected chi connectivity index (χ3v) is 8.88. The molecule has 2 N–H and O–H groups in total. The number of nitrogens with zero attached hydrogens (tertiary/aromatic N) is 2. The number of hydrogen-bond acceptors (Lipinski definition) is 3. The summed E-state index contributed by atoms with van der Waals surface area (Å²) in [6.45, 7) is 13.1. The monoisotopic (exact) mass is 552 g/mol. The lowest BCUT2D eigenvalue weighted by atomic mass is 9.92. The lowest BCUT2D eigenvalue weighted by Gasteiger charge is -2.13. The Bertz CT molecular complexity index is 1920. The Kier molecular flexibility index (Phi) is 5.95. The summed E-state index contributed by atoms with van der Waals surface area (Å²) in [7, 11) is 0. The highest BCUT2D eigenvalue weighted by Crippen LogP contribution is 2.38. The summed E-state index contributed by atoms with van der Waals surface area (Å²) < 4.78 is 0. The third-order valence-electron chi connectivity index (χ3n) is 8.01. The zero-order valence-electron chi connectivity index (χ0n) is 24.2. The highest BCUT2D eigenvalue weighted by molar-refractivity contribution is 7.12. The van der Waals surface area contributed by atoms with E-state index in [2.05, 4.69) is 124 Å². The van der Waals surface area contributed by atoms with Crippen LogP contribution in [-0.2, 0) is 0 Å². The minimum Gasteiger partial charge on any atom is -0.353 e. The normalized spacial score (nSPS) is 12.4. The molecule has 0 atom stereocenters. The zero-order chi connectivity index (χ0) is 28.4. The molecule has 0 aliphatic carbocycles. The second kappa shape index (κ2) is 9.57. The van der Waals surface area contributed by atoms with E-state index in [4.69, 9.17) is 9.97 Å². The molecule has 7 rings (SSSR count). The quantitative estimate of drug-likeness (QED) is 0.224. The van der Waals surface area contributed by atoms with Crippen molar-refractivity contribution >= 4 is 57.7 Å². The lowest BCUT2D eigenvalue weighted by molar-refractivity contribution is 1.29. The fourth-order valence-electron chi connectivity index (χ4n) is 6.53. The molecule has 4 nitrogen and oxygen atoms in total. The predicted molar refractivity (Wildman–Crippen MR) is 176 cm³/mol. The van der Waals surface area contributed by atoms with Gasteiger partial charge in [-0.3, -0.25) is 0 Å². The Morgan fingerprint density at radius 2 is 0.829 bits per heavy atom. The van der Waals surface area contributed by atoms with Gasteiger partial charge in [0.2, 0.25) is 0 Å². The molecule has 5 heterocycles. The Labute approximate surface area is 244 Å². The average molecular weight is 553 g/mol. The van der Waals surface area contributed by atoms with Crippen LogP contribution < -0.4 is 0 Å². The Morgan fingerprint density at radius 1 is 0.463 bits per heavy atom. The van der Waals surface area contributed by atoms with Crippen molar-refractivity contribution in [2.45, 2.75) is 41.5 Å². The number of benzene rings is 2. The van der Waals surface area contributed by atoms with Crippen LogP contribution in [0, 0.1) is 41.5 Å². The van der Waals surface area contributed by atoms with Crippen LogP contribution in [0.1, 0.15) is 54.8 Å². The molecule has 8 bridgehead atoms. The van der Waals surface area contributed by atoms with Gasteiger partial charge in [0.1, 0.15) is 10.0 Å². The maximum Gasteiger partial charge on any atom is 0.118 e. The van der Waals surface area contributed by atoms with Crippen LogP contribution in [0.3, 0.4) is 0 Å². The van der Waals surface area contributed by atoms with Gasteiger partial charge in [0.05, 0.1) is 22.4 Å². The number of H-pyrrole nitrogens is 2. The number of fused-ring (bicyclic) bond motifs is 9. The Hall–Kier alpha value is -4.48. The molecule has 41 heavy (non-hydrogen) atoms. The van der Waals surface area contributed by atoms with Crippen LogP contribution in [0.15, 0.2) is 48.5 Å². The molecular formula is C36H32N4S. The van der Waals surface area contributed by atoms with Crippen molar-refractivity contribution < 1.29 is 0 Å². The summed E-state index contributed by atoms with van der Waals surface area (Å²) >= 11 is 1.61. The molecule has 2 aliphatic heterocycles. The lowest BCUT2D eigenvalue weighted by Crippen LogP contribution is -1.93. The zero-order valence-corrected chi connectivity index (χ0v) is 25.0. The van der Waals surface area contributed by atoms with Crippen molar-refractivity contribution in [2.24, 2.45) is 0 Å². The molecule has 2 aromatic carbocycles. The maximum atomic E-state index is 5.13. The Balaban J connectivity index is 1.62. The van der Waals surface area contributed by atoms with Crippen molar-refractivity contribution in [2.75, 3.05) is 0 Å². The third kappa shape index (κ3) is 4.37. The van der Waals surface area contributed by atoms with Gasteiger partial charge in [-0.15, -0.1) is 0 Å². The van der Waals surface area contributed by atoms with Crippen LogP contribution >= 0.6 is 11.3 Å². The fraction of sp³-hybridized carbons (Fsp3) is 0.167. The van der Waals surface area contributed by atoms with E-state index in [1.54, 1.807) is 11.3 Å². The standard InChI is InChI=1S/C36H32N4S/c1-19-15-21(3)33(22(4)16-19)35-27-9-7-25(37-27)26-8-10-28(38-26)36(34-23(5)17-20(2)18-24(34)6)30-12-14-32(40-30)41-31-13-11-29(35)39-31/h7-18,37-38H,1-6H3. The van der Waals surface area contributed by atoms with Crippen molar-refractivity contribution in [3.63, 3.8) is 0 Å². The van der Waals surface area contributed by atoms with Crippen molar-refractivity contribution in [3.8, 4) is 22.3 Å². The number of hydrogen-bond donors (Lipinski definition) is 2. The number of aromatic nitrogens is 4. The summed E-state index contributed by atoms with van der Waals surface area (Å²) in [5, 5.41) is 1.88. The number of aryl methyl sites for hydroxylation is 6. The van der Waals surface area contributed by atoms with Gasteiger partial charge in [0.15, 0.2) is 0 Å². The van der Waals surface area contributed by atoms with Crippen LogP contribution in [0.2, 0.25) is 0 Å². The first kappa shape index (κ1) is 25.5. The molecule has 5 heteroatoms. The van der Waals surface area contributed by atoms with Gasteiger partial charge in [-0.2, -0.15) is 0 Å². The van der Waals surface area contributed by atoms with E-state index in [0.29, 0.717) is 0 Å². The molecule has 0 spiro atoms.